The number of amides is 2. The number of rotatable bonds is 6. The number of para-hydroxylation sites is 1. The molecule has 0 unspecified atom stereocenters. The van der Waals surface area contributed by atoms with Crippen molar-refractivity contribution in [2.75, 3.05) is 0 Å². The molecule has 9 nitrogen and oxygen atoms in total. The van der Waals surface area contributed by atoms with E-state index in [9.17, 15) is 9.59 Å². The van der Waals surface area contributed by atoms with E-state index in [4.69, 9.17) is 17.3 Å². The van der Waals surface area contributed by atoms with Gasteiger partial charge in [-0.25, -0.2) is 4.39 Å². The second kappa shape index (κ2) is 7.66. The number of nitrogens with two attached hydrogens (primary N) is 1. The monoisotopic (exact) mass is 467 g/mol. The SMILES string of the molecule is Cn1nnc(-c2c(Cl)c3ccccc3n2-c2ccc(CNC(=O)C3(C(N)=O)CC3)c(F)c2)n1. The lowest BCUT2D eigenvalue weighted by Crippen LogP contribution is -2.40. The number of benzene rings is 2. The van der Waals surface area contributed by atoms with Crippen molar-refractivity contribution in [3.8, 4) is 17.2 Å². The molecule has 0 aliphatic heterocycles. The zero-order valence-electron chi connectivity index (χ0n) is 17.5. The molecule has 2 aromatic carbocycles. The zero-order valence-corrected chi connectivity index (χ0v) is 18.3. The molecule has 5 rings (SSSR count). The molecule has 0 spiro atoms. The van der Waals surface area contributed by atoms with Gasteiger partial charge < -0.3 is 15.6 Å². The number of hydrogen-bond donors (Lipinski definition) is 2. The molecule has 0 saturated heterocycles. The summed E-state index contributed by atoms with van der Waals surface area (Å²) in [6.45, 7) is -0.0638. The molecule has 1 aliphatic carbocycles. The average Bonchev–Trinajstić information content (AvgIpc) is 3.44. The maximum Gasteiger partial charge on any atom is 0.235 e. The number of nitrogens with one attached hydrogen (secondary N) is 1. The maximum atomic E-state index is 15.1. The van der Waals surface area contributed by atoms with Gasteiger partial charge in [-0.2, -0.15) is 4.80 Å². The number of aryl methyl sites for hydroxylation is 1. The molecule has 0 radical (unpaired) electrons. The van der Waals surface area contributed by atoms with Crippen LogP contribution < -0.4 is 11.1 Å². The quantitative estimate of drug-likeness (QED) is 0.422. The molecular weight excluding hydrogens is 449 g/mol. The normalized spacial score (nSPS) is 14.4. The molecule has 1 saturated carbocycles. The summed E-state index contributed by atoms with van der Waals surface area (Å²) in [4.78, 5) is 25.2. The molecule has 1 fully saturated rings. The van der Waals surface area contributed by atoms with E-state index in [0.29, 0.717) is 35.1 Å². The molecular formula is C22H19ClFN7O2. The van der Waals surface area contributed by atoms with Crippen LogP contribution in [-0.2, 0) is 23.2 Å². The van der Waals surface area contributed by atoms with Gasteiger partial charge in [0.2, 0.25) is 17.6 Å². The van der Waals surface area contributed by atoms with E-state index in [1.165, 1.54) is 10.9 Å². The lowest BCUT2D eigenvalue weighted by atomic mass is 10.1. The van der Waals surface area contributed by atoms with Crippen LogP contribution in [0.15, 0.2) is 42.5 Å². The fraction of sp³-hybridized carbons (Fsp3) is 0.227. The first kappa shape index (κ1) is 21.1. The Labute approximate surface area is 192 Å². The summed E-state index contributed by atoms with van der Waals surface area (Å²) in [6, 6.07) is 12.1. The Balaban J connectivity index is 1.52. The van der Waals surface area contributed by atoms with Crippen LogP contribution in [0, 0.1) is 11.2 Å². The van der Waals surface area contributed by atoms with Crippen LogP contribution in [0.1, 0.15) is 18.4 Å². The van der Waals surface area contributed by atoms with E-state index >= 15 is 4.39 Å². The Morgan fingerprint density at radius 2 is 2.00 bits per heavy atom. The predicted octanol–water partition coefficient (Wildman–Crippen LogP) is 2.50. The molecule has 3 N–H and O–H groups in total. The second-order valence-corrected chi connectivity index (χ2v) is 8.40. The topological polar surface area (TPSA) is 121 Å². The number of hydrogen-bond acceptors (Lipinski definition) is 5. The Hall–Kier alpha value is -3.79. The fourth-order valence-electron chi connectivity index (χ4n) is 3.92. The lowest BCUT2D eigenvalue weighted by molar-refractivity contribution is -0.135. The highest BCUT2D eigenvalue weighted by molar-refractivity contribution is 6.38. The van der Waals surface area contributed by atoms with Gasteiger partial charge in [-0.05, 0) is 36.3 Å². The van der Waals surface area contributed by atoms with E-state index in [2.05, 4.69) is 20.7 Å². The maximum absolute atomic E-state index is 15.1. The highest BCUT2D eigenvalue weighted by atomic mass is 35.5. The van der Waals surface area contributed by atoms with Crippen LogP contribution in [0.25, 0.3) is 28.1 Å². The number of carbonyl (C=O) groups excluding carboxylic acids is 2. The lowest BCUT2D eigenvalue weighted by Gasteiger charge is -2.14. The van der Waals surface area contributed by atoms with Crippen LogP contribution in [0.5, 0.6) is 0 Å². The van der Waals surface area contributed by atoms with Gasteiger partial charge in [0.15, 0.2) is 0 Å². The van der Waals surface area contributed by atoms with Gasteiger partial charge >= 0.3 is 0 Å². The van der Waals surface area contributed by atoms with Crippen molar-refractivity contribution in [2.24, 2.45) is 18.2 Å². The van der Waals surface area contributed by atoms with E-state index < -0.39 is 23.0 Å². The number of nitrogens with zero attached hydrogens (tertiary/aromatic N) is 5. The number of fused-ring (bicyclic) bond motifs is 1. The highest BCUT2D eigenvalue weighted by Crippen LogP contribution is 2.45. The summed E-state index contributed by atoms with van der Waals surface area (Å²) in [5, 5.41) is 16.0. The molecule has 2 heterocycles. The zero-order chi connectivity index (χ0) is 23.3. The van der Waals surface area contributed by atoms with Gasteiger partial charge in [-0.15, -0.1) is 10.2 Å². The third-order valence-corrected chi connectivity index (χ3v) is 6.31. The standard InChI is InChI=1S/C22H19ClFN7O2/c1-30-28-19(27-29-30)18-17(23)14-4-2-3-5-16(14)31(18)13-7-6-12(15(24)10-13)11-26-21(33)22(8-9-22)20(25)32/h2-7,10H,8-9,11H2,1H3,(H2,25,32)(H,26,33). The molecule has 1 aliphatic rings. The van der Waals surface area contributed by atoms with Gasteiger partial charge in [0.1, 0.15) is 16.9 Å². The van der Waals surface area contributed by atoms with Gasteiger partial charge in [-0.3, -0.25) is 9.59 Å². The Morgan fingerprint density at radius 3 is 2.64 bits per heavy atom. The smallest absolute Gasteiger partial charge is 0.235 e. The molecule has 2 amide bonds. The van der Waals surface area contributed by atoms with Crippen molar-refractivity contribution in [3.05, 3.63) is 58.9 Å². The van der Waals surface area contributed by atoms with Crippen molar-refractivity contribution in [3.63, 3.8) is 0 Å². The summed E-state index contributed by atoms with van der Waals surface area (Å²) in [5.74, 6) is -1.35. The second-order valence-electron chi connectivity index (χ2n) is 8.02. The third kappa shape index (κ3) is 3.43. The van der Waals surface area contributed by atoms with E-state index in [1.807, 2.05) is 24.3 Å². The molecule has 11 heteroatoms. The fourth-order valence-corrected chi connectivity index (χ4v) is 4.25. The van der Waals surface area contributed by atoms with Crippen LogP contribution in [0.2, 0.25) is 5.02 Å². The Morgan fingerprint density at radius 1 is 1.24 bits per heavy atom. The average molecular weight is 468 g/mol. The van der Waals surface area contributed by atoms with Crippen molar-refractivity contribution in [1.82, 2.24) is 30.1 Å². The number of aromatic nitrogens is 5. The van der Waals surface area contributed by atoms with Gasteiger partial charge in [-0.1, -0.05) is 35.9 Å². The van der Waals surface area contributed by atoms with Crippen molar-refractivity contribution < 1.29 is 14.0 Å². The number of primary amides is 1. The third-order valence-electron chi connectivity index (χ3n) is 5.92. The summed E-state index contributed by atoms with van der Waals surface area (Å²) in [6.07, 6.45) is 0.826. The van der Waals surface area contributed by atoms with Crippen LogP contribution >= 0.6 is 11.6 Å². The first-order valence-corrected chi connectivity index (χ1v) is 10.6. The summed E-state index contributed by atoms with van der Waals surface area (Å²) in [7, 11) is 1.64. The minimum absolute atomic E-state index is 0.0638. The molecule has 0 bridgehead atoms. The van der Waals surface area contributed by atoms with Crippen molar-refractivity contribution in [2.45, 2.75) is 19.4 Å². The van der Waals surface area contributed by atoms with Crippen LogP contribution in [-0.4, -0.2) is 36.6 Å². The Bertz CT molecular complexity index is 1420. The van der Waals surface area contributed by atoms with Crippen LogP contribution in [0.3, 0.4) is 0 Å². The predicted molar refractivity (Wildman–Crippen MR) is 119 cm³/mol. The number of tetrazole rings is 1. The molecule has 4 aromatic rings. The van der Waals surface area contributed by atoms with Gasteiger partial charge in [0.25, 0.3) is 0 Å². The summed E-state index contributed by atoms with van der Waals surface area (Å²) >= 11 is 6.67. The molecule has 33 heavy (non-hydrogen) atoms. The first-order chi connectivity index (χ1) is 15.8. The van der Waals surface area contributed by atoms with Gasteiger partial charge in [0.05, 0.1) is 17.6 Å². The van der Waals surface area contributed by atoms with Gasteiger partial charge in [0, 0.05) is 23.2 Å². The minimum atomic E-state index is -1.16. The van der Waals surface area contributed by atoms with E-state index in [0.717, 1.165) is 10.9 Å². The van der Waals surface area contributed by atoms with E-state index in [-0.39, 0.29) is 12.1 Å². The first-order valence-electron chi connectivity index (χ1n) is 10.2. The largest absolute Gasteiger partial charge is 0.369 e. The van der Waals surface area contributed by atoms with E-state index in [1.54, 1.807) is 23.7 Å². The summed E-state index contributed by atoms with van der Waals surface area (Å²) < 4.78 is 16.8. The summed E-state index contributed by atoms with van der Waals surface area (Å²) in [5.41, 5.74) is 6.19. The molecule has 0 atom stereocenters. The molecule has 2 aromatic heterocycles. The highest BCUT2D eigenvalue weighted by Gasteiger charge is 2.55. The molecule has 168 valence electrons. The van der Waals surface area contributed by atoms with Crippen LogP contribution in [0.4, 0.5) is 4.39 Å². The van der Waals surface area contributed by atoms with Crippen molar-refractivity contribution in [1.29, 1.82) is 0 Å². The van der Waals surface area contributed by atoms with Crippen molar-refractivity contribution >= 4 is 34.3 Å². The minimum Gasteiger partial charge on any atom is -0.369 e. The number of halogens is 2. The Kier molecular flexibility index (Phi) is 4.89. The number of carbonyl (C=O) groups is 2.